The van der Waals surface area contributed by atoms with Crippen LogP contribution in [0.3, 0.4) is 0 Å². The number of anilines is 3. The van der Waals surface area contributed by atoms with E-state index in [1.165, 1.54) is 6.20 Å². The fourth-order valence-electron chi connectivity index (χ4n) is 1.32. The van der Waals surface area contributed by atoms with Crippen LogP contribution < -0.4 is 10.6 Å². The number of aromatic nitrogens is 2. The summed E-state index contributed by atoms with van der Waals surface area (Å²) in [6.07, 6.45) is 1.51. The number of rotatable bonds is 3. The van der Waals surface area contributed by atoms with Gasteiger partial charge in [-0.05, 0) is 37.9 Å². The third kappa shape index (κ3) is 3.19. The summed E-state index contributed by atoms with van der Waals surface area (Å²) in [6, 6.07) is 2.10. The van der Waals surface area contributed by atoms with Crippen molar-refractivity contribution in [2.45, 2.75) is 0 Å². The molecular formula is C11H8Br2F2N4. The number of nitrogens with one attached hydrogen (secondary N) is 2. The lowest BCUT2D eigenvalue weighted by Crippen LogP contribution is -2.02. The smallest absolute Gasteiger partial charge is 0.224 e. The van der Waals surface area contributed by atoms with Gasteiger partial charge < -0.3 is 10.6 Å². The Labute approximate surface area is 124 Å². The molecule has 0 saturated carbocycles. The number of benzene rings is 1. The summed E-state index contributed by atoms with van der Waals surface area (Å²) in [5, 5.41) is 5.47. The highest BCUT2D eigenvalue weighted by Gasteiger charge is 2.11. The Bertz CT molecular complexity index is 622. The second-order valence-electron chi connectivity index (χ2n) is 3.51. The minimum atomic E-state index is -0.593. The molecule has 0 bridgehead atoms. The fourth-order valence-corrected chi connectivity index (χ4v) is 1.93. The van der Waals surface area contributed by atoms with Crippen molar-refractivity contribution in [2.75, 3.05) is 17.7 Å². The van der Waals surface area contributed by atoms with Crippen molar-refractivity contribution in [3.05, 3.63) is 38.9 Å². The van der Waals surface area contributed by atoms with Crippen LogP contribution in [0.2, 0.25) is 0 Å². The molecule has 1 heterocycles. The van der Waals surface area contributed by atoms with Crippen molar-refractivity contribution in [3.63, 3.8) is 0 Å². The third-order valence-corrected chi connectivity index (χ3v) is 3.42. The van der Waals surface area contributed by atoms with Gasteiger partial charge in [0.15, 0.2) is 0 Å². The standard InChI is InChI=1S/C11H8Br2F2N4/c1-16-11-17-4-6(13)10(19-11)18-9-3-7(14)5(12)2-8(9)15/h2-4H,1H3,(H2,16,17,18,19). The highest BCUT2D eigenvalue weighted by atomic mass is 79.9. The first-order valence-corrected chi connectivity index (χ1v) is 6.71. The van der Waals surface area contributed by atoms with Crippen molar-refractivity contribution in [1.82, 2.24) is 9.97 Å². The van der Waals surface area contributed by atoms with Crippen LogP contribution in [0.5, 0.6) is 0 Å². The van der Waals surface area contributed by atoms with Gasteiger partial charge >= 0.3 is 0 Å². The van der Waals surface area contributed by atoms with E-state index in [9.17, 15) is 8.78 Å². The Morgan fingerprint density at radius 1 is 1.11 bits per heavy atom. The molecule has 0 aliphatic rings. The van der Waals surface area contributed by atoms with Gasteiger partial charge in [-0.2, -0.15) is 4.98 Å². The predicted molar refractivity (Wildman–Crippen MR) is 76.6 cm³/mol. The molecule has 19 heavy (non-hydrogen) atoms. The van der Waals surface area contributed by atoms with Gasteiger partial charge in [-0.25, -0.2) is 13.8 Å². The van der Waals surface area contributed by atoms with Crippen molar-refractivity contribution in [3.8, 4) is 0 Å². The summed E-state index contributed by atoms with van der Waals surface area (Å²) < 4.78 is 27.7. The Morgan fingerprint density at radius 2 is 1.84 bits per heavy atom. The van der Waals surface area contributed by atoms with Crippen LogP contribution in [0.1, 0.15) is 0 Å². The molecule has 2 rings (SSSR count). The average Bonchev–Trinajstić information content (AvgIpc) is 2.38. The molecule has 0 saturated heterocycles. The van der Waals surface area contributed by atoms with Crippen LogP contribution in [-0.2, 0) is 0 Å². The lowest BCUT2D eigenvalue weighted by molar-refractivity contribution is 0.597. The fraction of sp³-hybridized carbons (Fsp3) is 0.0909. The zero-order valence-electron chi connectivity index (χ0n) is 9.64. The van der Waals surface area contributed by atoms with E-state index in [0.29, 0.717) is 16.2 Å². The van der Waals surface area contributed by atoms with E-state index >= 15 is 0 Å². The molecule has 100 valence electrons. The van der Waals surface area contributed by atoms with Gasteiger partial charge in [-0.3, -0.25) is 0 Å². The zero-order chi connectivity index (χ0) is 14.0. The normalized spacial score (nSPS) is 10.4. The van der Waals surface area contributed by atoms with Crippen LogP contribution in [0.25, 0.3) is 0 Å². The summed E-state index contributed by atoms with van der Waals surface area (Å²) in [5.74, 6) is -0.462. The van der Waals surface area contributed by atoms with Crippen LogP contribution in [0.15, 0.2) is 27.3 Å². The first-order chi connectivity index (χ1) is 9.01. The van der Waals surface area contributed by atoms with Gasteiger partial charge in [0.1, 0.15) is 17.5 Å². The first-order valence-electron chi connectivity index (χ1n) is 5.13. The molecule has 4 nitrogen and oxygen atoms in total. The minimum absolute atomic E-state index is 0.0119. The van der Waals surface area contributed by atoms with E-state index in [4.69, 9.17) is 0 Å². The monoisotopic (exact) mass is 392 g/mol. The van der Waals surface area contributed by atoms with E-state index in [1.54, 1.807) is 7.05 Å². The van der Waals surface area contributed by atoms with Gasteiger partial charge in [-0.15, -0.1) is 0 Å². The van der Waals surface area contributed by atoms with E-state index in [2.05, 4.69) is 52.5 Å². The molecule has 8 heteroatoms. The van der Waals surface area contributed by atoms with Crippen molar-refractivity contribution >= 4 is 49.3 Å². The van der Waals surface area contributed by atoms with Crippen LogP contribution in [0, 0.1) is 11.6 Å². The van der Waals surface area contributed by atoms with Gasteiger partial charge in [-0.1, -0.05) is 0 Å². The summed E-state index contributed by atoms with van der Waals surface area (Å²) >= 11 is 6.15. The number of hydrogen-bond acceptors (Lipinski definition) is 4. The van der Waals surface area contributed by atoms with Gasteiger partial charge in [0.2, 0.25) is 5.95 Å². The molecule has 0 atom stereocenters. The highest BCUT2D eigenvalue weighted by Crippen LogP contribution is 2.28. The van der Waals surface area contributed by atoms with Crippen molar-refractivity contribution in [1.29, 1.82) is 0 Å². The number of hydrogen-bond donors (Lipinski definition) is 2. The molecule has 0 fully saturated rings. The lowest BCUT2D eigenvalue weighted by Gasteiger charge is -2.10. The van der Waals surface area contributed by atoms with Crippen LogP contribution in [0.4, 0.5) is 26.2 Å². The SMILES string of the molecule is CNc1ncc(Br)c(Nc2cc(F)c(Br)cc2F)n1. The van der Waals surface area contributed by atoms with Crippen molar-refractivity contribution in [2.24, 2.45) is 0 Å². The molecule has 0 radical (unpaired) electrons. The highest BCUT2D eigenvalue weighted by molar-refractivity contribution is 9.10. The zero-order valence-corrected chi connectivity index (χ0v) is 12.8. The molecule has 0 aliphatic heterocycles. The molecule has 0 amide bonds. The second kappa shape index (κ2) is 5.79. The van der Waals surface area contributed by atoms with E-state index in [-0.39, 0.29) is 10.2 Å². The minimum Gasteiger partial charge on any atom is -0.357 e. The summed E-state index contributed by atoms with van der Waals surface area (Å²) in [5.41, 5.74) is -0.0119. The van der Waals surface area contributed by atoms with E-state index in [1.807, 2.05) is 0 Å². The largest absolute Gasteiger partial charge is 0.357 e. The van der Waals surface area contributed by atoms with E-state index in [0.717, 1.165) is 12.1 Å². The molecule has 2 aromatic rings. The van der Waals surface area contributed by atoms with Gasteiger partial charge in [0.05, 0.1) is 14.6 Å². The average molecular weight is 394 g/mol. The van der Waals surface area contributed by atoms with E-state index < -0.39 is 11.6 Å². The molecule has 0 spiro atoms. The van der Waals surface area contributed by atoms with Crippen LogP contribution in [-0.4, -0.2) is 17.0 Å². The first kappa shape index (κ1) is 14.1. The summed E-state index contributed by atoms with van der Waals surface area (Å²) in [6.45, 7) is 0. The van der Waals surface area contributed by atoms with Gasteiger partial charge in [0.25, 0.3) is 0 Å². The second-order valence-corrected chi connectivity index (χ2v) is 5.22. The maximum atomic E-state index is 13.7. The Morgan fingerprint density at radius 3 is 2.53 bits per heavy atom. The van der Waals surface area contributed by atoms with Crippen molar-refractivity contribution < 1.29 is 8.78 Å². The molecule has 1 aromatic carbocycles. The molecular weight excluding hydrogens is 386 g/mol. The summed E-state index contributed by atoms with van der Waals surface area (Å²) in [4.78, 5) is 8.07. The van der Waals surface area contributed by atoms with Crippen LogP contribution >= 0.6 is 31.9 Å². The maximum absolute atomic E-state index is 13.7. The third-order valence-electron chi connectivity index (χ3n) is 2.23. The molecule has 2 N–H and O–H groups in total. The predicted octanol–water partition coefficient (Wildman–Crippen LogP) is 4.07. The Balaban J connectivity index is 2.38. The van der Waals surface area contributed by atoms with Gasteiger partial charge in [0, 0.05) is 19.3 Å². The number of halogens is 4. The Kier molecular flexibility index (Phi) is 4.31. The maximum Gasteiger partial charge on any atom is 0.224 e. The lowest BCUT2D eigenvalue weighted by atomic mass is 10.3. The molecule has 1 aromatic heterocycles. The molecule has 0 aliphatic carbocycles. The Hall–Kier alpha value is -1.28. The quantitative estimate of drug-likeness (QED) is 0.772. The topological polar surface area (TPSA) is 49.8 Å². The number of nitrogens with zero attached hydrogens (tertiary/aromatic N) is 2. The summed E-state index contributed by atoms with van der Waals surface area (Å²) in [7, 11) is 1.66. The molecule has 0 unspecified atom stereocenters.